The predicted molar refractivity (Wildman–Crippen MR) is 164 cm³/mol. The third-order valence-corrected chi connectivity index (χ3v) is 11.3. The SMILES string of the molecule is CC(C)(C)C1CCN(C(=O)[C@@H](NC(=O)NCCS(=O)(=O)C(C)(C)C)C(C)(C)C)[C@@H]1C(=O)NC(CC1CCC1)C(=O)C(N)=O. The number of rotatable bonds is 11. The average Bonchev–Trinajstić information content (AvgIpc) is 3.27. The lowest BCUT2D eigenvalue weighted by molar-refractivity contribution is -0.145. The van der Waals surface area contributed by atoms with Gasteiger partial charge in [-0.05, 0) is 56.3 Å². The molecule has 0 aromatic heterocycles. The van der Waals surface area contributed by atoms with Crippen LogP contribution in [0.25, 0.3) is 0 Å². The Labute approximate surface area is 256 Å². The monoisotopic (exact) mass is 627 g/mol. The van der Waals surface area contributed by atoms with Gasteiger partial charge in [0.05, 0.1) is 16.5 Å². The number of Topliss-reactive ketones (excluding diaryl/α,β-unsaturated/α-hetero) is 1. The van der Waals surface area contributed by atoms with Crippen molar-refractivity contribution in [2.75, 3.05) is 18.8 Å². The summed E-state index contributed by atoms with van der Waals surface area (Å²) in [7, 11) is -3.46. The number of nitrogens with one attached hydrogen (secondary N) is 3. The summed E-state index contributed by atoms with van der Waals surface area (Å²) >= 11 is 0. The summed E-state index contributed by atoms with van der Waals surface area (Å²) in [6.45, 7) is 16.2. The summed E-state index contributed by atoms with van der Waals surface area (Å²) in [6.07, 6.45) is 3.67. The highest BCUT2D eigenvalue weighted by Crippen LogP contribution is 2.40. The second-order valence-corrected chi connectivity index (χ2v) is 18.1. The van der Waals surface area contributed by atoms with Gasteiger partial charge in [0.15, 0.2) is 9.84 Å². The van der Waals surface area contributed by atoms with E-state index in [1.54, 1.807) is 41.5 Å². The van der Waals surface area contributed by atoms with Gasteiger partial charge >= 0.3 is 6.03 Å². The Hall–Kier alpha value is -2.70. The summed E-state index contributed by atoms with van der Waals surface area (Å²) in [4.78, 5) is 66.8. The molecule has 2 rings (SSSR count). The number of likely N-dealkylation sites (tertiary alicyclic amines) is 1. The van der Waals surface area contributed by atoms with Gasteiger partial charge in [-0.2, -0.15) is 0 Å². The number of carbonyl (C=O) groups is 5. The number of nitrogens with two attached hydrogens (primary N) is 1. The van der Waals surface area contributed by atoms with Crippen molar-refractivity contribution < 1.29 is 32.4 Å². The third-order valence-electron chi connectivity index (χ3n) is 8.71. The Morgan fingerprint density at radius 3 is 1.93 bits per heavy atom. The van der Waals surface area contributed by atoms with Crippen LogP contribution < -0.4 is 21.7 Å². The summed E-state index contributed by atoms with van der Waals surface area (Å²) < 4.78 is 23.9. The van der Waals surface area contributed by atoms with Crippen molar-refractivity contribution in [1.82, 2.24) is 20.9 Å². The fourth-order valence-corrected chi connectivity index (χ4v) is 6.58. The maximum absolute atomic E-state index is 14.1. The van der Waals surface area contributed by atoms with Crippen LogP contribution in [0.15, 0.2) is 0 Å². The lowest BCUT2D eigenvalue weighted by atomic mass is 9.75. The molecule has 1 saturated carbocycles. The smallest absolute Gasteiger partial charge is 0.315 e. The van der Waals surface area contributed by atoms with Crippen LogP contribution >= 0.6 is 0 Å². The summed E-state index contributed by atoms with van der Waals surface area (Å²) in [5.41, 5.74) is 4.16. The van der Waals surface area contributed by atoms with Gasteiger partial charge in [-0.1, -0.05) is 60.8 Å². The highest BCUT2D eigenvalue weighted by Gasteiger charge is 2.50. The highest BCUT2D eigenvalue weighted by molar-refractivity contribution is 7.92. The number of carbonyl (C=O) groups excluding carboxylic acids is 5. The molecule has 2 aliphatic rings. The molecule has 0 aromatic rings. The summed E-state index contributed by atoms with van der Waals surface area (Å²) in [5.74, 6) is -3.28. The van der Waals surface area contributed by atoms with Crippen LogP contribution in [-0.2, 0) is 29.0 Å². The van der Waals surface area contributed by atoms with E-state index in [4.69, 9.17) is 5.73 Å². The third kappa shape index (κ3) is 9.39. The van der Waals surface area contributed by atoms with Crippen LogP contribution in [0.5, 0.6) is 0 Å². The predicted octanol–water partition coefficient (Wildman–Crippen LogP) is 1.91. The van der Waals surface area contributed by atoms with E-state index in [-0.39, 0.29) is 36.1 Å². The number of primary amides is 1. The average molecular weight is 628 g/mol. The van der Waals surface area contributed by atoms with Crippen molar-refractivity contribution in [3.05, 3.63) is 0 Å². The molecule has 12 nitrogen and oxygen atoms in total. The van der Waals surface area contributed by atoms with Crippen molar-refractivity contribution >= 4 is 39.4 Å². The van der Waals surface area contributed by atoms with E-state index < -0.39 is 67.7 Å². The highest BCUT2D eigenvalue weighted by atomic mass is 32.2. The van der Waals surface area contributed by atoms with Gasteiger partial charge in [-0.3, -0.25) is 19.2 Å². The van der Waals surface area contributed by atoms with Crippen LogP contribution in [0, 0.1) is 22.7 Å². The van der Waals surface area contributed by atoms with Crippen LogP contribution in [0.3, 0.4) is 0 Å². The Kier molecular flexibility index (Phi) is 11.5. The first kappa shape index (κ1) is 36.5. The minimum atomic E-state index is -3.46. The summed E-state index contributed by atoms with van der Waals surface area (Å²) in [5, 5.41) is 8.01. The number of urea groups is 1. The van der Waals surface area contributed by atoms with E-state index in [0.29, 0.717) is 12.8 Å². The zero-order chi connectivity index (χ0) is 33.1. The standard InChI is InChI=1S/C30H53N5O7S/c1-28(2,3)19-13-15-35(21(19)25(38)33-20(22(36)24(31)37)17-18-11-10-12-18)26(39)23(29(4,5)6)34-27(40)32-14-16-43(41,42)30(7,8)9/h18-21,23H,10-17H2,1-9H3,(H2,31,37)(H,33,38)(H2,32,34,40)/t19?,20?,21-,23+/m0/s1. The van der Waals surface area contributed by atoms with Crippen LogP contribution in [0.2, 0.25) is 0 Å². The van der Waals surface area contributed by atoms with Gasteiger partial charge in [0.1, 0.15) is 12.1 Å². The molecule has 13 heteroatoms. The Morgan fingerprint density at radius 2 is 1.49 bits per heavy atom. The molecule has 0 aromatic carbocycles. The van der Waals surface area contributed by atoms with E-state index in [2.05, 4.69) is 16.0 Å². The molecule has 1 heterocycles. The Balaban J connectivity index is 2.29. The number of amides is 5. The molecule has 2 unspecified atom stereocenters. The van der Waals surface area contributed by atoms with Crippen molar-refractivity contribution in [2.24, 2.45) is 28.4 Å². The molecule has 43 heavy (non-hydrogen) atoms. The van der Waals surface area contributed by atoms with Gasteiger partial charge in [-0.25, -0.2) is 13.2 Å². The normalized spacial score (nSPS) is 21.4. The van der Waals surface area contributed by atoms with E-state index >= 15 is 0 Å². The molecule has 0 radical (unpaired) electrons. The molecule has 5 N–H and O–H groups in total. The van der Waals surface area contributed by atoms with Gasteiger partial charge in [0.2, 0.25) is 17.6 Å². The van der Waals surface area contributed by atoms with E-state index in [1.807, 2.05) is 20.8 Å². The van der Waals surface area contributed by atoms with Crippen LogP contribution in [-0.4, -0.2) is 84.6 Å². The van der Waals surface area contributed by atoms with E-state index in [9.17, 15) is 32.4 Å². The number of ketones is 1. The molecule has 1 saturated heterocycles. The van der Waals surface area contributed by atoms with Gasteiger partial charge in [-0.15, -0.1) is 0 Å². The number of nitrogens with zero attached hydrogens (tertiary/aromatic N) is 1. The van der Waals surface area contributed by atoms with Gasteiger partial charge in [0, 0.05) is 13.1 Å². The van der Waals surface area contributed by atoms with Gasteiger partial charge in [0.25, 0.3) is 5.91 Å². The Bertz CT molecular complexity index is 1180. The largest absolute Gasteiger partial charge is 0.363 e. The molecule has 1 aliphatic heterocycles. The van der Waals surface area contributed by atoms with E-state index in [0.717, 1.165) is 19.3 Å². The molecule has 246 valence electrons. The van der Waals surface area contributed by atoms with Crippen molar-refractivity contribution in [2.45, 2.75) is 117 Å². The first-order valence-corrected chi connectivity index (χ1v) is 16.8. The first-order chi connectivity index (χ1) is 19.5. The molecular formula is C30H53N5O7S. The van der Waals surface area contributed by atoms with Crippen molar-refractivity contribution in [1.29, 1.82) is 0 Å². The number of hydrogen-bond acceptors (Lipinski definition) is 7. The molecule has 4 atom stereocenters. The molecule has 1 aliphatic carbocycles. The van der Waals surface area contributed by atoms with Crippen molar-refractivity contribution in [3.63, 3.8) is 0 Å². The Morgan fingerprint density at radius 1 is 0.907 bits per heavy atom. The first-order valence-electron chi connectivity index (χ1n) is 15.2. The lowest BCUT2D eigenvalue weighted by Gasteiger charge is -2.39. The maximum Gasteiger partial charge on any atom is 0.315 e. The van der Waals surface area contributed by atoms with Crippen LogP contribution in [0.1, 0.15) is 94.4 Å². The summed E-state index contributed by atoms with van der Waals surface area (Å²) in [6, 6.07) is -3.75. The topological polar surface area (TPSA) is 185 Å². The number of hydrogen-bond donors (Lipinski definition) is 4. The second kappa shape index (κ2) is 13.5. The zero-order valence-electron chi connectivity index (χ0n) is 27.3. The minimum absolute atomic E-state index is 0.131. The van der Waals surface area contributed by atoms with Gasteiger partial charge < -0.3 is 26.6 Å². The quantitative estimate of drug-likeness (QED) is 0.252. The molecule has 0 spiro atoms. The lowest BCUT2D eigenvalue weighted by Crippen LogP contribution is -2.61. The molecule has 5 amide bonds. The maximum atomic E-state index is 14.1. The fraction of sp³-hybridized carbons (Fsp3) is 0.833. The fourth-order valence-electron chi connectivity index (χ4n) is 5.59. The second-order valence-electron chi connectivity index (χ2n) is 15.2. The van der Waals surface area contributed by atoms with E-state index in [1.165, 1.54) is 4.90 Å². The molecule has 2 fully saturated rings. The number of sulfone groups is 1. The van der Waals surface area contributed by atoms with Crippen molar-refractivity contribution in [3.8, 4) is 0 Å². The minimum Gasteiger partial charge on any atom is -0.363 e. The molecular weight excluding hydrogens is 574 g/mol. The zero-order valence-corrected chi connectivity index (χ0v) is 28.2. The molecule has 0 bridgehead atoms. The van der Waals surface area contributed by atoms with Crippen LogP contribution in [0.4, 0.5) is 4.79 Å².